The first-order valence-electron chi connectivity index (χ1n) is 11.2. The number of sulfonamides is 1. The molecule has 1 amide bonds. The number of hydrogen-bond acceptors (Lipinski definition) is 3. The number of piperazine rings is 1. The number of nitrogens with one attached hydrogen (secondary N) is 2. The summed E-state index contributed by atoms with van der Waals surface area (Å²) in [6, 6.07) is 5.91. The lowest BCUT2D eigenvalue weighted by atomic mass is 9.86. The SMILES string of the molecule is C[C@H]1CCCC[C@H]1NC(=O)C[NH+]1CCN(S(=O)(=O)c2ccc3c(c2)CCC3)CC1. The fourth-order valence-electron chi connectivity index (χ4n) is 5.09. The van der Waals surface area contributed by atoms with Gasteiger partial charge in [-0.25, -0.2) is 8.42 Å². The van der Waals surface area contributed by atoms with Crippen LogP contribution in [0.25, 0.3) is 0 Å². The third-order valence-electron chi connectivity index (χ3n) is 7.01. The number of rotatable bonds is 5. The van der Waals surface area contributed by atoms with E-state index in [0.717, 1.165) is 25.7 Å². The van der Waals surface area contributed by atoms with E-state index in [2.05, 4.69) is 12.2 Å². The van der Waals surface area contributed by atoms with Crippen molar-refractivity contribution in [3.8, 4) is 0 Å². The maximum Gasteiger partial charge on any atom is 0.275 e. The van der Waals surface area contributed by atoms with Crippen LogP contribution in [0.15, 0.2) is 23.1 Å². The maximum atomic E-state index is 13.1. The summed E-state index contributed by atoms with van der Waals surface area (Å²) in [5.74, 6) is 0.658. The predicted molar refractivity (Wildman–Crippen MR) is 112 cm³/mol. The summed E-state index contributed by atoms with van der Waals surface area (Å²) in [6.07, 6.45) is 7.88. The van der Waals surface area contributed by atoms with E-state index in [1.165, 1.54) is 35.3 Å². The third-order valence-corrected chi connectivity index (χ3v) is 8.90. The van der Waals surface area contributed by atoms with E-state index in [4.69, 9.17) is 0 Å². The van der Waals surface area contributed by atoms with Crippen molar-refractivity contribution in [2.24, 2.45) is 5.92 Å². The van der Waals surface area contributed by atoms with Crippen LogP contribution in [-0.2, 0) is 27.7 Å². The number of amides is 1. The summed E-state index contributed by atoms with van der Waals surface area (Å²) in [5, 5.41) is 3.22. The minimum atomic E-state index is -3.45. The van der Waals surface area contributed by atoms with E-state index in [9.17, 15) is 13.2 Å². The Balaban J connectivity index is 1.30. The van der Waals surface area contributed by atoms with Gasteiger partial charge in [-0.1, -0.05) is 25.8 Å². The van der Waals surface area contributed by atoms with Gasteiger partial charge in [0, 0.05) is 6.04 Å². The van der Waals surface area contributed by atoms with Gasteiger partial charge in [-0.2, -0.15) is 4.31 Å². The molecular weight excluding hydrogens is 386 g/mol. The van der Waals surface area contributed by atoms with Crippen LogP contribution in [0.2, 0.25) is 0 Å². The number of quaternary nitrogens is 1. The molecule has 3 aliphatic rings. The largest absolute Gasteiger partial charge is 0.348 e. The molecule has 2 atom stereocenters. The molecule has 2 N–H and O–H groups in total. The number of carbonyl (C=O) groups is 1. The lowest BCUT2D eigenvalue weighted by Gasteiger charge is -2.33. The second-order valence-corrected chi connectivity index (χ2v) is 11.0. The van der Waals surface area contributed by atoms with Crippen molar-refractivity contribution >= 4 is 15.9 Å². The summed E-state index contributed by atoms with van der Waals surface area (Å²) >= 11 is 0. The third kappa shape index (κ3) is 4.67. The molecule has 0 bridgehead atoms. The monoisotopic (exact) mass is 420 g/mol. The Labute approximate surface area is 174 Å². The molecule has 1 saturated heterocycles. The van der Waals surface area contributed by atoms with E-state index in [1.807, 2.05) is 12.1 Å². The summed E-state index contributed by atoms with van der Waals surface area (Å²) in [5.41, 5.74) is 2.47. The fraction of sp³-hybridized carbons (Fsp3) is 0.682. The quantitative estimate of drug-likeness (QED) is 0.739. The molecule has 0 unspecified atom stereocenters. The van der Waals surface area contributed by atoms with Gasteiger partial charge in [0.1, 0.15) is 0 Å². The number of fused-ring (bicyclic) bond motifs is 1. The van der Waals surface area contributed by atoms with Crippen LogP contribution in [-0.4, -0.2) is 57.4 Å². The highest BCUT2D eigenvalue weighted by Crippen LogP contribution is 2.26. The molecule has 1 saturated carbocycles. The molecule has 7 heteroatoms. The normalized spacial score (nSPS) is 26.2. The van der Waals surface area contributed by atoms with Gasteiger partial charge in [0.25, 0.3) is 5.91 Å². The molecule has 1 heterocycles. The van der Waals surface area contributed by atoms with Crippen molar-refractivity contribution < 1.29 is 18.1 Å². The molecule has 0 aromatic heterocycles. The zero-order chi connectivity index (χ0) is 20.4. The van der Waals surface area contributed by atoms with Gasteiger partial charge in [0.05, 0.1) is 31.1 Å². The Bertz CT molecular complexity index is 847. The number of carbonyl (C=O) groups excluding carboxylic acids is 1. The summed E-state index contributed by atoms with van der Waals surface area (Å²) < 4.78 is 27.7. The molecule has 0 spiro atoms. The molecule has 4 rings (SSSR count). The predicted octanol–water partition coefficient (Wildman–Crippen LogP) is 0.759. The van der Waals surface area contributed by atoms with E-state index in [1.54, 1.807) is 10.4 Å². The van der Waals surface area contributed by atoms with Crippen molar-refractivity contribution in [2.45, 2.75) is 62.8 Å². The Kier molecular flexibility index (Phi) is 6.27. The molecule has 0 radical (unpaired) electrons. The van der Waals surface area contributed by atoms with Gasteiger partial charge < -0.3 is 10.2 Å². The van der Waals surface area contributed by atoms with E-state index >= 15 is 0 Å². The van der Waals surface area contributed by atoms with Gasteiger partial charge in [0.15, 0.2) is 6.54 Å². The number of benzene rings is 1. The Morgan fingerprint density at radius 2 is 1.83 bits per heavy atom. The molecule has 2 fully saturated rings. The first-order valence-corrected chi connectivity index (χ1v) is 12.6. The minimum Gasteiger partial charge on any atom is -0.348 e. The van der Waals surface area contributed by atoms with E-state index in [0.29, 0.717) is 49.6 Å². The van der Waals surface area contributed by atoms with Crippen LogP contribution in [0.1, 0.15) is 50.2 Å². The average molecular weight is 421 g/mol. The number of nitrogens with zero attached hydrogens (tertiary/aromatic N) is 1. The van der Waals surface area contributed by atoms with Gasteiger partial charge >= 0.3 is 0 Å². The summed E-state index contributed by atoms with van der Waals surface area (Å²) in [6.45, 7) is 4.97. The van der Waals surface area contributed by atoms with Crippen molar-refractivity contribution in [3.05, 3.63) is 29.3 Å². The second-order valence-electron chi connectivity index (χ2n) is 9.05. The maximum absolute atomic E-state index is 13.1. The van der Waals surface area contributed by atoms with Gasteiger partial charge in [0.2, 0.25) is 10.0 Å². The molecule has 6 nitrogen and oxygen atoms in total. The fourth-order valence-corrected chi connectivity index (χ4v) is 6.59. The molecule has 160 valence electrons. The molecule has 1 aliphatic heterocycles. The second kappa shape index (κ2) is 8.74. The van der Waals surface area contributed by atoms with Crippen LogP contribution < -0.4 is 10.2 Å². The first kappa shape index (κ1) is 20.8. The Morgan fingerprint density at radius 1 is 1.10 bits per heavy atom. The van der Waals surface area contributed by atoms with Crippen LogP contribution in [0, 0.1) is 5.92 Å². The van der Waals surface area contributed by atoms with Crippen LogP contribution in [0.5, 0.6) is 0 Å². The van der Waals surface area contributed by atoms with E-state index in [-0.39, 0.29) is 5.91 Å². The smallest absolute Gasteiger partial charge is 0.275 e. The van der Waals surface area contributed by atoms with Crippen molar-refractivity contribution in [3.63, 3.8) is 0 Å². The first-order chi connectivity index (χ1) is 13.9. The van der Waals surface area contributed by atoms with Crippen LogP contribution in [0.3, 0.4) is 0 Å². The standard InChI is InChI=1S/C22H33N3O3S/c1-17-5-2-3-8-21(17)23-22(26)16-24-11-13-25(14-12-24)29(27,28)20-10-9-18-6-4-7-19(18)15-20/h9-10,15,17,21H,2-8,11-14,16H2,1H3,(H,23,26)/p+1/t17-,21+/m0/s1. The lowest BCUT2D eigenvalue weighted by molar-refractivity contribution is -0.895. The highest BCUT2D eigenvalue weighted by atomic mass is 32.2. The van der Waals surface area contributed by atoms with Crippen molar-refractivity contribution in [2.75, 3.05) is 32.7 Å². The Morgan fingerprint density at radius 3 is 2.59 bits per heavy atom. The molecule has 2 aliphatic carbocycles. The van der Waals surface area contributed by atoms with E-state index < -0.39 is 10.0 Å². The summed E-state index contributed by atoms with van der Waals surface area (Å²) in [4.78, 5) is 14.1. The van der Waals surface area contributed by atoms with Crippen LogP contribution >= 0.6 is 0 Å². The number of aryl methyl sites for hydroxylation is 2. The van der Waals surface area contributed by atoms with Crippen molar-refractivity contribution in [1.29, 1.82) is 0 Å². The van der Waals surface area contributed by atoms with Gasteiger partial charge in [-0.3, -0.25) is 4.79 Å². The highest BCUT2D eigenvalue weighted by molar-refractivity contribution is 7.89. The molecule has 1 aromatic rings. The zero-order valence-electron chi connectivity index (χ0n) is 17.5. The topological polar surface area (TPSA) is 70.9 Å². The molecule has 1 aromatic carbocycles. The van der Waals surface area contributed by atoms with Crippen molar-refractivity contribution in [1.82, 2.24) is 9.62 Å². The Hall–Kier alpha value is -1.44. The van der Waals surface area contributed by atoms with Crippen LogP contribution in [0.4, 0.5) is 0 Å². The number of hydrogen-bond donors (Lipinski definition) is 2. The highest BCUT2D eigenvalue weighted by Gasteiger charge is 2.32. The average Bonchev–Trinajstić information content (AvgIpc) is 3.18. The minimum absolute atomic E-state index is 0.105. The zero-order valence-corrected chi connectivity index (χ0v) is 18.3. The molecular formula is C22H34N3O3S+. The van der Waals surface area contributed by atoms with Gasteiger partial charge in [-0.05, 0) is 61.3 Å². The summed E-state index contributed by atoms with van der Waals surface area (Å²) in [7, 11) is -3.45. The molecule has 29 heavy (non-hydrogen) atoms. The lowest BCUT2D eigenvalue weighted by Crippen LogP contribution is -3.15. The van der Waals surface area contributed by atoms with Gasteiger partial charge in [-0.15, -0.1) is 0 Å².